The van der Waals surface area contributed by atoms with Gasteiger partial charge in [0, 0.05) is 60.7 Å². The Morgan fingerprint density at radius 3 is 2.31 bits per heavy atom. The number of amides is 3. The van der Waals surface area contributed by atoms with Crippen LogP contribution in [0.4, 0.5) is 15.8 Å². The molecule has 186 valence electrons. The number of nitrogens with one attached hydrogen (secondary N) is 2. The van der Waals surface area contributed by atoms with Crippen molar-refractivity contribution in [2.24, 2.45) is 0 Å². The van der Waals surface area contributed by atoms with E-state index in [2.05, 4.69) is 15.5 Å². The standard InChI is InChI=1S/C24H26Cl2FN5O3/c25-16-11-17(26)13-19(12-16)29-22(33)14-21-24(35)28-5-6-32(21)23(34)15-30-7-9-31(10-8-30)20-3-1-18(27)2-4-20/h1-4,11-13,21H,5-10,14-15H2,(H,28,35)(H,29,33). The number of hydrogen-bond donors (Lipinski definition) is 2. The zero-order valence-electron chi connectivity index (χ0n) is 19.0. The molecule has 2 fully saturated rings. The van der Waals surface area contributed by atoms with Crippen molar-refractivity contribution in [3.8, 4) is 0 Å². The van der Waals surface area contributed by atoms with E-state index in [0.29, 0.717) is 55.0 Å². The smallest absolute Gasteiger partial charge is 0.243 e. The number of halogens is 3. The maximum atomic E-state index is 13.2. The summed E-state index contributed by atoms with van der Waals surface area (Å²) >= 11 is 12.0. The van der Waals surface area contributed by atoms with E-state index in [1.807, 2.05) is 4.90 Å². The molecule has 2 aliphatic heterocycles. The molecule has 2 aliphatic rings. The summed E-state index contributed by atoms with van der Waals surface area (Å²) in [7, 11) is 0. The van der Waals surface area contributed by atoms with Crippen LogP contribution in [-0.2, 0) is 14.4 Å². The van der Waals surface area contributed by atoms with Gasteiger partial charge in [-0.05, 0) is 42.5 Å². The van der Waals surface area contributed by atoms with Crippen molar-refractivity contribution >= 4 is 52.3 Å². The number of carbonyl (C=O) groups is 3. The number of rotatable bonds is 6. The van der Waals surface area contributed by atoms with Gasteiger partial charge in [0.15, 0.2) is 0 Å². The van der Waals surface area contributed by atoms with Gasteiger partial charge in [0.05, 0.1) is 13.0 Å². The van der Waals surface area contributed by atoms with E-state index in [4.69, 9.17) is 23.2 Å². The predicted molar refractivity (Wildman–Crippen MR) is 133 cm³/mol. The largest absolute Gasteiger partial charge is 0.369 e. The average Bonchev–Trinajstić information content (AvgIpc) is 2.80. The number of nitrogens with zero attached hydrogens (tertiary/aromatic N) is 3. The molecule has 1 unspecified atom stereocenters. The highest BCUT2D eigenvalue weighted by atomic mass is 35.5. The van der Waals surface area contributed by atoms with Gasteiger partial charge in [-0.25, -0.2) is 4.39 Å². The Kier molecular flexibility index (Phi) is 8.10. The zero-order valence-corrected chi connectivity index (χ0v) is 20.5. The monoisotopic (exact) mass is 521 g/mol. The van der Waals surface area contributed by atoms with Gasteiger partial charge in [0.1, 0.15) is 11.9 Å². The van der Waals surface area contributed by atoms with Gasteiger partial charge < -0.3 is 20.4 Å². The Morgan fingerprint density at radius 1 is 1.00 bits per heavy atom. The van der Waals surface area contributed by atoms with Gasteiger partial charge in [-0.1, -0.05) is 23.2 Å². The molecule has 4 rings (SSSR count). The molecule has 0 radical (unpaired) electrons. The lowest BCUT2D eigenvalue weighted by Gasteiger charge is -2.39. The van der Waals surface area contributed by atoms with Crippen LogP contribution >= 0.6 is 23.2 Å². The number of piperazine rings is 2. The Morgan fingerprint density at radius 2 is 1.66 bits per heavy atom. The van der Waals surface area contributed by atoms with Crippen LogP contribution in [0.1, 0.15) is 6.42 Å². The van der Waals surface area contributed by atoms with Crippen molar-refractivity contribution in [3.63, 3.8) is 0 Å². The topological polar surface area (TPSA) is 85.0 Å². The lowest BCUT2D eigenvalue weighted by molar-refractivity contribution is -0.145. The van der Waals surface area contributed by atoms with Gasteiger partial charge >= 0.3 is 0 Å². The number of hydrogen-bond acceptors (Lipinski definition) is 5. The molecule has 8 nitrogen and oxygen atoms in total. The summed E-state index contributed by atoms with van der Waals surface area (Å²) in [5.74, 6) is -1.25. The summed E-state index contributed by atoms with van der Waals surface area (Å²) in [5.41, 5.74) is 1.36. The third-order valence-corrected chi connectivity index (χ3v) is 6.54. The molecular formula is C24H26Cl2FN5O3. The van der Waals surface area contributed by atoms with Crippen LogP contribution in [0.3, 0.4) is 0 Å². The summed E-state index contributed by atoms with van der Waals surface area (Å²) in [4.78, 5) is 44.0. The van der Waals surface area contributed by atoms with Crippen LogP contribution in [-0.4, -0.2) is 79.4 Å². The Bertz CT molecular complexity index is 1070. The second kappa shape index (κ2) is 11.2. The fourth-order valence-electron chi connectivity index (χ4n) is 4.33. The number of carbonyl (C=O) groups excluding carboxylic acids is 3. The molecule has 3 amide bonds. The van der Waals surface area contributed by atoms with E-state index in [0.717, 1.165) is 5.69 Å². The van der Waals surface area contributed by atoms with Crippen LogP contribution in [0.2, 0.25) is 10.0 Å². The molecule has 2 saturated heterocycles. The maximum Gasteiger partial charge on any atom is 0.243 e. The fourth-order valence-corrected chi connectivity index (χ4v) is 4.85. The van der Waals surface area contributed by atoms with Crippen molar-refractivity contribution in [2.45, 2.75) is 12.5 Å². The van der Waals surface area contributed by atoms with E-state index in [-0.39, 0.29) is 30.6 Å². The summed E-state index contributed by atoms with van der Waals surface area (Å²) in [6.07, 6.45) is -0.181. The van der Waals surface area contributed by atoms with E-state index < -0.39 is 11.9 Å². The van der Waals surface area contributed by atoms with E-state index in [9.17, 15) is 18.8 Å². The van der Waals surface area contributed by atoms with E-state index in [1.54, 1.807) is 30.3 Å². The maximum absolute atomic E-state index is 13.2. The molecule has 35 heavy (non-hydrogen) atoms. The Hall–Kier alpha value is -2.88. The van der Waals surface area contributed by atoms with Crippen molar-refractivity contribution < 1.29 is 18.8 Å². The van der Waals surface area contributed by atoms with Gasteiger partial charge in [0.2, 0.25) is 17.7 Å². The van der Waals surface area contributed by atoms with Gasteiger partial charge in [-0.2, -0.15) is 0 Å². The molecule has 0 bridgehead atoms. The Balaban J connectivity index is 1.33. The third-order valence-electron chi connectivity index (χ3n) is 6.10. The number of benzene rings is 2. The first-order chi connectivity index (χ1) is 16.8. The molecule has 2 aromatic rings. The van der Waals surface area contributed by atoms with Crippen LogP contribution in [0, 0.1) is 5.82 Å². The molecule has 0 aromatic heterocycles. The van der Waals surface area contributed by atoms with Gasteiger partial charge in [-0.15, -0.1) is 0 Å². The van der Waals surface area contributed by atoms with E-state index in [1.165, 1.54) is 17.0 Å². The first kappa shape index (κ1) is 25.2. The fraction of sp³-hybridized carbons (Fsp3) is 0.375. The number of anilines is 2. The minimum Gasteiger partial charge on any atom is -0.369 e. The minimum atomic E-state index is -0.897. The Labute approximate surface area is 212 Å². The highest BCUT2D eigenvalue weighted by molar-refractivity contribution is 6.35. The molecule has 1 atom stereocenters. The molecule has 2 aromatic carbocycles. The van der Waals surface area contributed by atoms with Crippen molar-refractivity contribution in [1.82, 2.24) is 15.1 Å². The van der Waals surface area contributed by atoms with Crippen LogP contribution in [0.5, 0.6) is 0 Å². The van der Waals surface area contributed by atoms with Gasteiger partial charge in [0.25, 0.3) is 0 Å². The molecule has 2 N–H and O–H groups in total. The predicted octanol–water partition coefficient (Wildman–Crippen LogP) is 2.61. The van der Waals surface area contributed by atoms with Crippen LogP contribution in [0.15, 0.2) is 42.5 Å². The van der Waals surface area contributed by atoms with E-state index >= 15 is 0 Å². The molecule has 0 aliphatic carbocycles. The summed E-state index contributed by atoms with van der Waals surface area (Å²) < 4.78 is 13.2. The summed E-state index contributed by atoms with van der Waals surface area (Å²) in [6, 6.07) is 10.1. The highest BCUT2D eigenvalue weighted by Gasteiger charge is 2.35. The van der Waals surface area contributed by atoms with Gasteiger partial charge in [-0.3, -0.25) is 19.3 Å². The zero-order chi connectivity index (χ0) is 24.9. The normalized spacial score (nSPS) is 18.8. The lowest BCUT2D eigenvalue weighted by atomic mass is 10.1. The molecule has 0 saturated carbocycles. The molecule has 0 spiro atoms. The highest BCUT2D eigenvalue weighted by Crippen LogP contribution is 2.23. The van der Waals surface area contributed by atoms with Crippen molar-refractivity contribution in [2.75, 3.05) is 56.0 Å². The summed E-state index contributed by atoms with van der Waals surface area (Å²) in [6.45, 7) is 3.55. The van der Waals surface area contributed by atoms with Crippen LogP contribution in [0.25, 0.3) is 0 Å². The SMILES string of the molecule is O=C(CC1C(=O)NCCN1C(=O)CN1CCN(c2ccc(F)cc2)CC1)Nc1cc(Cl)cc(Cl)c1. The summed E-state index contributed by atoms with van der Waals surface area (Å²) in [5, 5.41) is 6.17. The average molecular weight is 522 g/mol. The second-order valence-corrected chi connectivity index (χ2v) is 9.42. The molecule has 11 heteroatoms. The van der Waals surface area contributed by atoms with Crippen molar-refractivity contribution in [3.05, 3.63) is 58.3 Å². The quantitative estimate of drug-likeness (QED) is 0.610. The molecular weight excluding hydrogens is 496 g/mol. The van der Waals surface area contributed by atoms with Crippen LogP contribution < -0.4 is 15.5 Å². The minimum absolute atomic E-state index is 0.159. The molecule has 2 heterocycles. The first-order valence-corrected chi connectivity index (χ1v) is 12.1. The second-order valence-electron chi connectivity index (χ2n) is 8.54. The van der Waals surface area contributed by atoms with Crippen molar-refractivity contribution in [1.29, 1.82) is 0 Å². The third kappa shape index (κ3) is 6.62. The first-order valence-electron chi connectivity index (χ1n) is 11.3. The lowest BCUT2D eigenvalue weighted by Crippen LogP contribution is -2.60.